The minimum absolute atomic E-state index is 0.0723. The number of carboxylic acid groups (broad SMARTS) is 1. The van der Waals surface area contributed by atoms with Gasteiger partial charge in [0.1, 0.15) is 19.8 Å². The van der Waals surface area contributed by atoms with Crippen LogP contribution in [-0.4, -0.2) is 61.0 Å². The molecule has 4 aromatic carbocycles. The van der Waals surface area contributed by atoms with Crippen molar-refractivity contribution in [1.82, 2.24) is 10.2 Å². The molecule has 0 heterocycles. The number of esters is 2. The van der Waals surface area contributed by atoms with E-state index in [2.05, 4.69) is 50.5 Å². The summed E-state index contributed by atoms with van der Waals surface area (Å²) in [7, 11) is 3.30. The van der Waals surface area contributed by atoms with Crippen LogP contribution in [0.15, 0.2) is 109 Å². The highest BCUT2D eigenvalue weighted by Crippen LogP contribution is 2.10. The van der Waals surface area contributed by atoms with Gasteiger partial charge in [-0.1, -0.05) is 72.8 Å². The summed E-state index contributed by atoms with van der Waals surface area (Å²) in [5, 5.41) is 11.2. The maximum Gasteiger partial charge on any atom is 0.335 e. The number of carbonyl (C=O) groups excluding carboxylic acids is 3. The molecule has 0 spiro atoms. The lowest BCUT2D eigenvalue weighted by Crippen LogP contribution is -2.33. The highest BCUT2D eigenvalue weighted by atomic mass is 127. The van der Waals surface area contributed by atoms with Crippen molar-refractivity contribution in [3.63, 3.8) is 0 Å². The molecule has 0 atom stereocenters. The number of hydrogen-bond acceptors (Lipinski definition) is 7. The second-order valence-electron chi connectivity index (χ2n) is 9.31. The Morgan fingerprint density at radius 1 is 0.689 bits per heavy atom. The lowest BCUT2D eigenvalue weighted by atomic mass is 10.2. The number of nitrogens with zero attached hydrogens (tertiary/aromatic N) is 1. The molecule has 0 radical (unpaired) electrons. The molecule has 45 heavy (non-hydrogen) atoms. The van der Waals surface area contributed by atoms with E-state index in [-0.39, 0.29) is 31.6 Å². The smallest absolute Gasteiger partial charge is 0.335 e. The van der Waals surface area contributed by atoms with Crippen molar-refractivity contribution >= 4 is 69.0 Å². The maximum atomic E-state index is 12.2. The Bertz CT molecular complexity index is 1520. The topological polar surface area (TPSA) is 122 Å². The fourth-order valence-electron chi connectivity index (χ4n) is 3.45. The van der Waals surface area contributed by atoms with Crippen molar-refractivity contribution in [2.45, 2.75) is 13.2 Å². The Labute approximate surface area is 290 Å². The largest absolute Gasteiger partial charge is 0.478 e. The summed E-state index contributed by atoms with van der Waals surface area (Å²) < 4.78 is 12.1. The van der Waals surface area contributed by atoms with Gasteiger partial charge in [0.15, 0.2) is 0 Å². The zero-order chi connectivity index (χ0) is 33.0. The van der Waals surface area contributed by atoms with Gasteiger partial charge in [0.25, 0.3) is 5.91 Å². The molecule has 0 aliphatic heterocycles. The number of aromatic carboxylic acids is 1. The van der Waals surface area contributed by atoms with Gasteiger partial charge in [-0.15, -0.1) is 0 Å². The number of rotatable bonds is 10. The average molecular weight is 836 g/mol. The molecule has 236 valence electrons. The van der Waals surface area contributed by atoms with Gasteiger partial charge in [0, 0.05) is 19.8 Å². The van der Waals surface area contributed by atoms with Gasteiger partial charge in [0.2, 0.25) is 0 Å². The molecule has 0 saturated heterocycles. The van der Waals surface area contributed by atoms with E-state index < -0.39 is 11.9 Å². The Balaban J connectivity index is 0.000000259. The summed E-state index contributed by atoms with van der Waals surface area (Å²) in [6.45, 7) is 0.746. The lowest BCUT2D eigenvalue weighted by molar-refractivity contribution is -0.145. The predicted octanol–water partition coefficient (Wildman–Crippen LogP) is 6.05. The third-order valence-corrected chi connectivity index (χ3v) is 7.00. The number of ether oxygens (including phenoxy) is 2. The average Bonchev–Trinajstić information content (AvgIpc) is 3.04. The number of carboxylic acids is 1. The third kappa shape index (κ3) is 15.6. The van der Waals surface area contributed by atoms with Gasteiger partial charge in [-0.3, -0.25) is 14.4 Å². The number of nitrogens with one attached hydrogen (secondary N) is 1. The number of benzene rings is 4. The molecule has 4 aromatic rings. The highest BCUT2D eigenvalue weighted by Gasteiger charge is 2.16. The van der Waals surface area contributed by atoms with Crippen molar-refractivity contribution < 1.29 is 33.8 Å². The Morgan fingerprint density at radius 3 is 1.60 bits per heavy atom. The normalized spacial score (nSPS) is 9.78. The number of likely N-dealkylation sites (N-methyl/N-ethyl adjacent to an activating group) is 2. The Kier molecular flexibility index (Phi) is 17.4. The van der Waals surface area contributed by atoms with Gasteiger partial charge in [0.05, 0.1) is 12.1 Å². The van der Waals surface area contributed by atoms with Crippen LogP contribution in [-0.2, 0) is 32.3 Å². The Morgan fingerprint density at radius 2 is 1.16 bits per heavy atom. The molecule has 0 bridgehead atoms. The van der Waals surface area contributed by atoms with Crippen LogP contribution < -0.4 is 5.32 Å². The molecule has 0 aliphatic rings. The molecule has 2 N–H and O–H groups in total. The standard InChI is InChI=1S/C17H16INO3.C10H13NO2.C7H5IO2/c1-19(17(21)14-8-5-9-15(18)10-14)11-16(20)22-12-13-6-3-2-4-7-13;1-11-7-10(12)13-8-9-5-3-2-4-6-9;8-6-3-1-2-5(4-6)7(9)10/h2-10H,11-12H2,1H3;2-6,11H,7-8H2,1H3;1-4H,(H,9,10). The monoisotopic (exact) mass is 836 g/mol. The van der Waals surface area contributed by atoms with E-state index >= 15 is 0 Å². The number of hydrogen-bond donors (Lipinski definition) is 2. The third-order valence-electron chi connectivity index (χ3n) is 5.66. The van der Waals surface area contributed by atoms with Crippen LogP contribution in [0.1, 0.15) is 31.8 Å². The summed E-state index contributed by atoms with van der Waals surface area (Å²) in [4.78, 5) is 46.7. The van der Waals surface area contributed by atoms with Crippen LogP contribution >= 0.6 is 45.2 Å². The zero-order valence-electron chi connectivity index (χ0n) is 24.8. The predicted molar refractivity (Wildman–Crippen MR) is 189 cm³/mol. The van der Waals surface area contributed by atoms with E-state index in [0.717, 1.165) is 18.3 Å². The van der Waals surface area contributed by atoms with Crippen molar-refractivity contribution in [3.8, 4) is 0 Å². The van der Waals surface area contributed by atoms with E-state index in [1.807, 2.05) is 78.9 Å². The summed E-state index contributed by atoms with van der Waals surface area (Å²) >= 11 is 4.22. The fraction of sp³-hybridized carbons (Fsp3) is 0.176. The van der Waals surface area contributed by atoms with Crippen LogP contribution in [0.2, 0.25) is 0 Å². The molecule has 0 fully saturated rings. The van der Waals surface area contributed by atoms with Gasteiger partial charge in [-0.05, 0) is 99.8 Å². The zero-order valence-corrected chi connectivity index (χ0v) is 29.1. The van der Waals surface area contributed by atoms with E-state index in [0.29, 0.717) is 17.7 Å². The first-order valence-electron chi connectivity index (χ1n) is 13.6. The van der Waals surface area contributed by atoms with Crippen LogP contribution in [0.5, 0.6) is 0 Å². The molecule has 4 rings (SSSR count). The molecular formula is C34H34I2N2O7. The van der Waals surface area contributed by atoms with Gasteiger partial charge in [-0.2, -0.15) is 0 Å². The van der Waals surface area contributed by atoms with E-state index in [9.17, 15) is 19.2 Å². The van der Waals surface area contributed by atoms with Crippen molar-refractivity contribution in [1.29, 1.82) is 0 Å². The molecule has 0 aliphatic carbocycles. The number of carbonyl (C=O) groups is 4. The van der Waals surface area contributed by atoms with Crippen LogP contribution in [0, 0.1) is 7.14 Å². The quantitative estimate of drug-likeness (QED) is 0.147. The van der Waals surface area contributed by atoms with Gasteiger partial charge >= 0.3 is 17.9 Å². The van der Waals surface area contributed by atoms with Gasteiger partial charge < -0.3 is 24.8 Å². The highest BCUT2D eigenvalue weighted by molar-refractivity contribution is 14.1. The Hall–Kier alpha value is -3.82. The van der Waals surface area contributed by atoms with Crippen molar-refractivity contribution in [2.24, 2.45) is 0 Å². The summed E-state index contributed by atoms with van der Waals surface area (Å²) in [6, 6.07) is 33.1. The molecule has 0 saturated carbocycles. The SMILES string of the molecule is CN(CC(=O)OCc1ccccc1)C(=O)c1cccc(I)c1.CNCC(=O)OCc1ccccc1.O=C(O)c1cccc(I)c1. The fourth-order valence-corrected chi connectivity index (χ4v) is 4.53. The second-order valence-corrected chi connectivity index (χ2v) is 11.8. The molecule has 1 amide bonds. The summed E-state index contributed by atoms with van der Waals surface area (Å²) in [5.41, 5.74) is 2.83. The molecule has 0 unspecified atom stereocenters. The summed E-state index contributed by atoms with van der Waals surface area (Å²) in [6.07, 6.45) is 0. The first-order valence-corrected chi connectivity index (χ1v) is 15.8. The molecule has 11 heteroatoms. The molecule has 9 nitrogen and oxygen atoms in total. The van der Waals surface area contributed by atoms with E-state index in [4.69, 9.17) is 14.6 Å². The van der Waals surface area contributed by atoms with Crippen molar-refractivity contribution in [3.05, 3.63) is 139 Å². The lowest BCUT2D eigenvalue weighted by Gasteiger charge is -2.16. The molecular weight excluding hydrogens is 802 g/mol. The van der Waals surface area contributed by atoms with Gasteiger partial charge in [-0.25, -0.2) is 4.79 Å². The second kappa shape index (κ2) is 21.0. The first kappa shape index (κ1) is 37.4. The van der Waals surface area contributed by atoms with Crippen LogP contribution in [0.4, 0.5) is 0 Å². The maximum absolute atomic E-state index is 12.2. The van der Waals surface area contributed by atoms with Crippen LogP contribution in [0.3, 0.4) is 0 Å². The minimum Gasteiger partial charge on any atom is -0.478 e. The first-order chi connectivity index (χ1) is 21.6. The number of amides is 1. The van der Waals surface area contributed by atoms with Crippen molar-refractivity contribution in [2.75, 3.05) is 27.2 Å². The molecule has 0 aromatic heterocycles. The summed E-state index contributed by atoms with van der Waals surface area (Å²) in [5.74, 6) is -1.73. The number of halogens is 2. The van der Waals surface area contributed by atoms with E-state index in [1.165, 1.54) is 4.90 Å². The van der Waals surface area contributed by atoms with E-state index in [1.54, 1.807) is 44.4 Å². The van der Waals surface area contributed by atoms with Crippen LogP contribution in [0.25, 0.3) is 0 Å². The minimum atomic E-state index is -0.876.